The molecule has 0 atom stereocenters. The molecule has 0 aromatic heterocycles. The third kappa shape index (κ3) is 4.52. The number of nitrogens with one attached hydrogen (secondary N) is 1. The minimum Gasteiger partial charge on any atom is -0.504 e. The van der Waals surface area contributed by atoms with Crippen molar-refractivity contribution in [2.75, 3.05) is 18.5 Å². The number of anilines is 1. The molecule has 5 nitrogen and oxygen atoms in total. The molecule has 1 amide bonds. The highest BCUT2D eigenvalue weighted by Crippen LogP contribution is 2.28. The zero-order valence-corrected chi connectivity index (χ0v) is 12.9. The Morgan fingerprint density at radius 1 is 1.29 bits per heavy atom. The number of carbonyl (C=O) groups is 1. The molecule has 0 aliphatic heterocycles. The Balaban J connectivity index is 1.97. The van der Waals surface area contributed by atoms with E-state index in [2.05, 4.69) is 10.3 Å². The summed E-state index contributed by atoms with van der Waals surface area (Å²) in [5.41, 5.74) is 0.539. The lowest BCUT2D eigenvalue weighted by molar-refractivity contribution is -0.114. The van der Waals surface area contributed by atoms with Gasteiger partial charge in [-0.15, -0.1) is 0 Å². The fraction of sp³-hybridized carbons (Fsp3) is 0.176. The number of aromatic hydroxyl groups is 1. The molecule has 0 bridgehead atoms. The van der Waals surface area contributed by atoms with Crippen LogP contribution in [-0.4, -0.2) is 30.4 Å². The first kappa shape index (κ1) is 17.4. The Morgan fingerprint density at radius 2 is 2.08 bits per heavy atom. The van der Waals surface area contributed by atoms with Crippen LogP contribution in [-0.2, 0) is 4.79 Å². The van der Waals surface area contributed by atoms with Crippen molar-refractivity contribution in [3.8, 4) is 11.5 Å². The van der Waals surface area contributed by atoms with Crippen molar-refractivity contribution in [1.82, 2.24) is 0 Å². The van der Waals surface area contributed by atoms with Crippen LogP contribution < -0.4 is 10.1 Å². The number of halogens is 2. The molecule has 126 valence electrons. The number of ether oxygens (including phenoxy) is 1. The second kappa shape index (κ2) is 8.05. The number of hydrogen-bond donors (Lipinski definition) is 2. The molecule has 0 fully saturated rings. The van der Waals surface area contributed by atoms with Gasteiger partial charge in [-0.2, -0.15) is 0 Å². The van der Waals surface area contributed by atoms with E-state index in [-0.39, 0.29) is 18.0 Å². The number of phenols is 1. The number of phenolic OH excluding ortho intramolecular Hbond substituents is 1. The van der Waals surface area contributed by atoms with E-state index in [4.69, 9.17) is 4.74 Å². The van der Waals surface area contributed by atoms with E-state index >= 15 is 0 Å². The Bertz CT molecular complexity index is 763. The number of carbonyl (C=O) groups excluding carboxylic acids is 1. The van der Waals surface area contributed by atoms with Gasteiger partial charge in [0.2, 0.25) is 5.91 Å². The lowest BCUT2D eigenvalue weighted by Gasteiger charge is -2.07. The minimum absolute atomic E-state index is 0.0656. The summed E-state index contributed by atoms with van der Waals surface area (Å²) in [6.45, 7) is 1.96. The van der Waals surface area contributed by atoms with E-state index in [0.717, 1.165) is 12.1 Å². The van der Waals surface area contributed by atoms with E-state index in [9.17, 15) is 18.7 Å². The molecule has 2 aromatic rings. The number of aliphatic imine (C=N–C) groups is 1. The number of hydrogen-bond acceptors (Lipinski definition) is 4. The lowest BCUT2D eigenvalue weighted by atomic mass is 10.2. The maximum Gasteiger partial charge on any atom is 0.246 e. The third-order valence-electron chi connectivity index (χ3n) is 3.00. The quantitative estimate of drug-likeness (QED) is 0.797. The monoisotopic (exact) mass is 334 g/mol. The molecule has 7 heteroatoms. The van der Waals surface area contributed by atoms with Crippen LogP contribution in [0.3, 0.4) is 0 Å². The van der Waals surface area contributed by atoms with Crippen molar-refractivity contribution < 1.29 is 23.4 Å². The summed E-state index contributed by atoms with van der Waals surface area (Å²) in [6, 6.07) is 7.98. The first-order valence-electron chi connectivity index (χ1n) is 7.20. The number of nitrogens with zero attached hydrogens (tertiary/aromatic N) is 1. The van der Waals surface area contributed by atoms with Gasteiger partial charge in [0.15, 0.2) is 23.1 Å². The topological polar surface area (TPSA) is 70.9 Å². The SMILES string of the molecule is CCOc1cccc(C=NCC(=O)Nc2ccc(F)c(F)c2)c1O. The molecule has 0 radical (unpaired) electrons. The number of benzene rings is 2. The van der Waals surface area contributed by atoms with Gasteiger partial charge in [-0.25, -0.2) is 8.78 Å². The van der Waals surface area contributed by atoms with Gasteiger partial charge < -0.3 is 15.2 Å². The fourth-order valence-electron chi connectivity index (χ4n) is 1.92. The highest BCUT2D eigenvalue weighted by Gasteiger charge is 2.07. The smallest absolute Gasteiger partial charge is 0.246 e. The van der Waals surface area contributed by atoms with Crippen LogP contribution >= 0.6 is 0 Å². The maximum atomic E-state index is 13.1. The highest BCUT2D eigenvalue weighted by molar-refractivity contribution is 5.94. The molecular weight excluding hydrogens is 318 g/mol. The largest absolute Gasteiger partial charge is 0.504 e. The van der Waals surface area contributed by atoms with Crippen molar-refractivity contribution in [1.29, 1.82) is 0 Å². The first-order valence-corrected chi connectivity index (χ1v) is 7.20. The second-order valence-electron chi connectivity index (χ2n) is 4.77. The molecule has 0 heterocycles. The predicted molar refractivity (Wildman–Crippen MR) is 86.7 cm³/mol. The Hall–Kier alpha value is -2.96. The van der Waals surface area contributed by atoms with E-state index in [0.29, 0.717) is 17.9 Å². The summed E-state index contributed by atoms with van der Waals surface area (Å²) < 4.78 is 31.1. The number of para-hydroxylation sites is 1. The van der Waals surface area contributed by atoms with Crippen LogP contribution in [0.15, 0.2) is 41.4 Å². The van der Waals surface area contributed by atoms with Crippen LogP contribution in [0.5, 0.6) is 11.5 Å². The molecule has 0 spiro atoms. The van der Waals surface area contributed by atoms with Gasteiger partial charge in [-0.05, 0) is 31.2 Å². The van der Waals surface area contributed by atoms with Crippen LogP contribution in [0.25, 0.3) is 0 Å². The molecule has 2 rings (SSSR count). The van der Waals surface area contributed by atoms with Crippen LogP contribution in [0, 0.1) is 11.6 Å². The van der Waals surface area contributed by atoms with E-state index in [1.54, 1.807) is 25.1 Å². The van der Waals surface area contributed by atoms with Gasteiger partial charge in [0.05, 0.1) is 6.61 Å². The second-order valence-corrected chi connectivity index (χ2v) is 4.77. The maximum absolute atomic E-state index is 13.1. The minimum atomic E-state index is -1.05. The van der Waals surface area contributed by atoms with Gasteiger partial charge in [-0.1, -0.05) is 6.07 Å². The summed E-state index contributed by atoms with van der Waals surface area (Å²) >= 11 is 0. The van der Waals surface area contributed by atoms with Crippen LogP contribution in [0.1, 0.15) is 12.5 Å². The van der Waals surface area contributed by atoms with Crippen LogP contribution in [0.2, 0.25) is 0 Å². The average molecular weight is 334 g/mol. The van der Waals surface area contributed by atoms with E-state index < -0.39 is 17.5 Å². The predicted octanol–water partition coefficient (Wildman–Crippen LogP) is 3.13. The zero-order chi connectivity index (χ0) is 17.5. The van der Waals surface area contributed by atoms with Gasteiger partial charge in [0.1, 0.15) is 6.54 Å². The van der Waals surface area contributed by atoms with E-state index in [1.807, 2.05) is 0 Å². The summed E-state index contributed by atoms with van der Waals surface area (Å²) in [5, 5.41) is 12.4. The highest BCUT2D eigenvalue weighted by atomic mass is 19.2. The van der Waals surface area contributed by atoms with Gasteiger partial charge in [0, 0.05) is 23.5 Å². The lowest BCUT2D eigenvalue weighted by Crippen LogP contribution is -2.15. The molecule has 0 aliphatic rings. The van der Waals surface area contributed by atoms with Crippen molar-refractivity contribution in [2.24, 2.45) is 4.99 Å². The van der Waals surface area contributed by atoms with Crippen molar-refractivity contribution in [3.63, 3.8) is 0 Å². The fourth-order valence-corrected chi connectivity index (χ4v) is 1.92. The molecule has 0 unspecified atom stereocenters. The average Bonchev–Trinajstić information content (AvgIpc) is 2.54. The molecule has 2 aromatic carbocycles. The first-order chi connectivity index (χ1) is 11.5. The van der Waals surface area contributed by atoms with Crippen molar-refractivity contribution >= 4 is 17.8 Å². The summed E-state index contributed by atoms with van der Waals surface area (Å²) in [5.74, 6) is -2.28. The number of rotatable bonds is 6. The molecule has 0 aliphatic carbocycles. The summed E-state index contributed by atoms with van der Waals surface area (Å²) in [4.78, 5) is 15.6. The Morgan fingerprint density at radius 3 is 2.79 bits per heavy atom. The van der Waals surface area contributed by atoms with Crippen molar-refractivity contribution in [2.45, 2.75) is 6.92 Å². The van der Waals surface area contributed by atoms with Gasteiger partial charge >= 0.3 is 0 Å². The molecule has 24 heavy (non-hydrogen) atoms. The van der Waals surface area contributed by atoms with E-state index in [1.165, 1.54) is 12.3 Å². The third-order valence-corrected chi connectivity index (χ3v) is 3.00. The molecule has 0 saturated heterocycles. The van der Waals surface area contributed by atoms with Gasteiger partial charge in [-0.3, -0.25) is 9.79 Å². The molecule has 0 saturated carbocycles. The number of amides is 1. The zero-order valence-electron chi connectivity index (χ0n) is 12.9. The summed E-state index contributed by atoms with van der Waals surface area (Å²) in [6.07, 6.45) is 1.34. The standard InChI is InChI=1S/C17H16F2N2O3/c1-2-24-15-5-3-4-11(17(15)23)9-20-10-16(22)21-12-6-7-13(18)14(19)8-12/h3-9,23H,2,10H2,1H3,(H,21,22). The van der Waals surface area contributed by atoms with Gasteiger partial charge in [0.25, 0.3) is 0 Å². The van der Waals surface area contributed by atoms with Crippen molar-refractivity contribution in [3.05, 3.63) is 53.6 Å². The summed E-state index contributed by atoms with van der Waals surface area (Å²) in [7, 11) is 0. The Kier molecular flexibility index (Phi) is 5.83. The Labute approximate surface area is 137 Å². The molecule has 2 N–H and O–H groups in total. The molecular formula is C17H16F2N2O3. The van der Waals surface area contributed by atoms with Crippen LogP contribution in [0.4, 0.5) is 14.5 Å². The normalized spacial score (nSPS) is 10.8.